The highest BCUT2D eigenvalue weighted by Gasteiger charge is 2.26. The number of halogens is 1. The van der Waals surface area contributed by atoms with Crippen molar-refractivity contribution in [2.24, 2.45) is 5.92 Å². The van der Waals surface area contributed by atoms with Crippen molar-refractivity contribution in [3.63, 3.8) is 0 Å². The van der Waals surface area contributed by atoms with Gasteiger partial charge < -0.3 is 4.74 Å². The molecule has 0 aromatic rings. The molecular formula is C8H13FO3. The van der Waals surface area contributed by atoms with Crippen LogP contribution in [0.5, 0.6) is 0 Å². The van der Waals surface area contributed by atoms with Gasteiger partial charge in [-0.15, -0.1) is 0 Å². The molecule has 0 N–H and O–H groups in total. The normalized spacial score (nSPS) is 12.8. The standard InChI is InChI=1S/C8H13FO3/c1-5(2)4-6(10)7(9)8(11)12-3/h5,7H,4H2,1-3H3. The summed E-state index contributed by atoms with van der Waals surface area (Å²) in [6, 6.07) is 0. The van der Waals surface area contributed by atoms with E-state index in [0.717, 1.165) is 7.11 Å². The fourth-order valence-electron chi connectivity index (χ4n) is 0.741. The highest BCUT2D eigenvalue weighted by atomic mass is 19.1. The van der Waals surface area contributed by atoms with Crippen LogP contribution in [0.15, 0.2) is 0 Å². The van der Waals surface area contributed by atoms with Gasteiger partial charge in [0.25, 0.3) is 6.17 Å². The zero-order valence-electron chi connectivity index (χ0n) is 7.46. The van der Waals surface area contributed by atoms with Crippen LogP contribution in [0.2, 0.25) is 0 Å². The highest BCUT2D eigenvalue weighted by Crippen LogP contribution is 2.06. The third-order valence-electron chi connectivity index (χ3n) is 1.30. The second-order valence-electron chi connectivity index (χ2n) is 2.95. The Morgan fingerprint density at radius 2 is 1.92 bits per heavy atom. The van der Waals surface area contributed by atoms with E-state index >= 15 is 0 Å². The summed E-state index contributed by atoms with van der Waals surface area (Å²) in [4.78, 5) is 21.4. The van der Waals surface area contributed by atoms with E-state index in [9.17, 15) is 14.0 Å². The molecule has 0 rings (SSSR count). The third kappa shape index (κ3) is 3.46. The minimum Gasteiger partial charge on any atom is -0.467 e. The lowest BCUT2D eigenvalue weighted by atomic mass is 10.0. The molecule has 0 saturated carbocycles. The van der Waals surface area contributed by atoms with E-state index in [4.69, 9.17) is 0 Å². The number of ketones is 1. The number of esters is 1. The van der Waals surface area contributed by atoms with Crippen LogP contribution in [-0.4, -0.2) is 25.0 Å². The minimum atomic E-state index is -2.11. The summed E-state index contributed by atoms with van der Waals surface area (Å²) in [7, 11) is 1.05. The van der Waals surface area contributed by atoms with Crippen LogP contribution >= 0.6 is 0 Å². The molecule has 1 atom stereocenters. The Labute approximate surface area is 70.9 Å². The Morgan fingerprint density at radius 1 is 1.42 bits per heavy atom. The minimum absolute atomic E-state index is 0.0559. The quantitative estimate of drug-likeness (QED) is 0.476. The van der Waals surface area contributed by atoms with Crippen molar-refractivity contribution in [1.29, 1.82) is 0 Å². The molecule has 0 bridgehead atoms. The SMILES string of the molecule is COC(=O)C(F)C(=O)CC(C)C. The summed E-state index contributed by atoms with van der Waals surface area (Å²) >= 11 is 0. The van der Waals surface area contributed by atoms with Gasteiger partial charge in [-0.1, -0.05) is 13.8 Å². The highest BCUT2D eigenvalue weighted by molar-refractivity contribution is 6.01. The summed E-state index contributed by atoms with van der Waals surface area (Å²) in [6.07, 6.45) is -2.05. The number of Topliss-reactive ketones (excluding diaryl/α,β-unsaturated/α-hetero) is 1. The summed E-state index contributed by atoms with van der Waals surface area (Å²) < 4.78 is 16.8. The second kappa shape index (κ2) is 4.85. The largest absolute Gasteiger partial charge is 0.467 e. The maximum atomic E-state index is 12.7. The molecule has 0 aromatic heterocycles. The van der Waals surface area contributed by atoms with Crippen LogP contribution in [0.25, 0.3) is 0 Å². The molecule has 0 aliphatic carbocycles. The number of carbonyl (C=O) groups is 2. The molecule has 0 aliphatic rings. The lowest BCUT2D eigenvalue weighted by Crippen LogP contribution is -2.27. The number of rotatable bonds is 4. The summed E-state index contributed by atoms with van der Waals surface area (Å²) in [5, 5.41) is 0. The molecule has 12 heavy (non-hydrogen) atoms. The number of hydrogen-bond acceptors (Lipinski definition) is 3. The molecule has 0 spiro atoms. The molecule has 0 amide bonds. The predicted molar refractivity (Wildman–Crippen MR) is 41.4 cm³/mol. The van der Waals surface area contributed by atoms with Gasteiger partial charge in [0.2, 0.25) is 0 Å². The fraction of sp³-hybridized carbons (Fsp3) is 0.750. The molecule has 3 nitrogen and oxygen atoms in total. The Balaban J connectivity index is 4.01. The van der Waals surface area contributed by atoms with Gasteiger partial charge in [0.05, 0.1) is 7.11 Å². The fourth-order valence-corrected chi connectivity index (χ4v) is 0.741. The first-order valence-corrected chi connectivity index (χ1v) is 3.73. The van der Waals surface area contributed by atoms with Crippen molar-refractivity contribution in [2.45, 2.75) is 26.4 Å². The predicted octanol–water partition coefficient (Wildman–Crippen LogP) is 1.11. The Bertz CT molecular complexity index is 177. The zero-order chi connectivity index (χ0) is 9.72. The number of hydrogen-bond donors (Lipinski definition) is 0. The van der Waals surface area contributed by atoms with Crippen LogP contribution in [0, 0.1) is 5.92 Å². The molecular weight excluding hydrogens is 163 g/mol. The van der Waals surface area contributed by atoms with Gasteiger partial charge in [0.15, 0.2) is 5.78 Å². The average molecular weight is 176 g/mol. The van der Waals surface area contributed by atoms with Crippen molar-refractivity contribution in [3.8, 4) is 0 Å². The van der Waals surface area contributed by atoms with E-state index in [1.165, 1.54) is 0 Å². The Hall–Kier alpha value is -0.930. The maximum Gasteiger partial charge on any atom is 0.348 e. The average Bonchev–Trinajstić information content (AvgIpc) is 2.00. The van der Waals surface area contributed by atoms with Gasteiger partial charge in [-0.3, -0.25) is 4.79 Å². The van der Waals surface area contributed by atoms with Crippen molar-refractivity contribution < 1.29 is 18.7 Å². The van der Waals surface area contributed by atoms with E-state index in [-0.39, 0.29) is 12.3 Å². The van der Waals surface area contributed by atoms with E-state index in [1.807, 2.05) is 0 Å². The van der Waals surface area contributed by atoms with Crippen LogP contribution in [0.1, 0.15) is 20.3 Å². The topological polar surface area (TPSA) is 43.4 Å². The number of carbonyl (C=O) groups excluding carboxylic acids is 2. The first kappa shape index (κ1) is 11.1. The van der Waals surface area contributed by atoms with Gasteiger partial charge in [-0.25, -0.2) is 9.18 Å². The lowest BCUT2D eigenvalue weighted by molar-refractivity contribution is -0.150. The first-order chi connectivity index (χ1) is 5.49. The van der Waals surface area contributed by atoms with E-state index in [2.05, 4.69) is 4.74 Å². The van der Waals surface area contributed by atoms with Crippen LogP contribution in [-0.2, 0) is 14.3 Å². The van der Waals surface area contributed by atoms with Crippen molar-refractivity contribution in [1.82, 2.24) is 0 Å². The molecule has 4 heteroatoms. The third-order valence-corrected chi connectivity index (χ3v) is 1.30. The number of ether oxygens (including phenoxy) is 1. The van der Waals surface area contributed by atoms with E-state index < -0.39 is 17.9 Å². The first-order valence-electron chi connectivity index (χ1n) is 3.73. The molecule has 0 radical (unpaired) electrons. The van der Waals surface area contributed by atoms with Crippen molar-refractivity contribution >= 4 is 11.8 Å². The van der Waals surface area contributed by atoms with Gasteiger partial charge >= 0.3 is 5.97 Å². The van der Waals surface area contributed by atoms with Gasteiger partial charge in [-0.05, 0) is 5.92 Å². The molecule has 0 heterocycles. The zero-order valence-corrected chi connectivity index (χ0v) is 7.46. The van der Waals surface area contributed by atoms with Crippen LogP contribution < -0.4 is 0 Å². The monoisotopic (exact) mass is 176 g/mol. The summed E-state index contributed by atoms with van der Waals surface area (Å²) in [5.74, 6) is -1.77. The van der Waals surface area contributed by atoms with Gasteiger partial charge in [0, 0.05) is 6.42 Å². The molecule has 0 aromatic carbocycles. The molecule has 0 aliphatic heterocycles. The molecule has 0 saturated heterocycles. The van der Waals surface area contributed by atoms with Crippen molar-refractivity contribution in [2.75, 3.05) is 7.11 Å². The summed E-state index contributed by atoms with van der Waals surface area (Å²) in [5.41, 5.74) is 0. The smallest absolute Gasteiger partial charge is 0.348 e. The van der Waals surface area contributed by atoms with E-state index in [1.54, 1.807) is 13.8 Å². The maximum absolute atomic E-state index is 12.7. The Kier molecular flexibility index (Phi) is 4.47. The van der Waals surface area contributed by atoms with E-state index in [0.29, 0.717) is 0 Å². The van der Waals surface area contributed by atoms with Crippen LogP contribution in [0.3, 0.4) is 0 Å². The molecule has 0 fully saturated rings. The molecule has 1 unspecified atom stereocenters. The number of alkyl halides is 1. The van der Waals surface area contributed by atoms with Crippen molar-refractivity contribution in [3.05, 3.63) is 0 Å². The second-order valence-corrected chi connectivity index (χ2v) is 2.95. The van der Waals surface area contributed by atoms with Crippen LogP contribution in [0.4, 0.5) is 4.39 Å². The lowest BCUT2D eigenvalue weighted by Gasteiger charge is -2.06. The molecule has 70 valence electrons. The number of methoxy groups -OCH3 is 1. The van der Waals surface area contributed by atoms with Gasteiger partial charge in [-0.2, -0.15) is 0 Å². The Morgan fingerprint density at radius 3 is 2.25 bits per heavy atom. The van der Waals surface area contributed by atoms with Gasteiger partial charge in [0.1, 0.15) is 0 Å². The summed E-state index contributed by atoms with van der Waals surface area (Å²) in [6.45, 7) is 3.56.